The van der Waals surface area contributed by atoms with Gasteiger partial charge in [-0.15, -0.1) is 0 Å². The van der Waals surface area contributed by atoms with E-state index in [0.29, 0.717) is 11.6 Å². The van der Waals surface area contributed by atoms with E-state index in [0.717, 1.165) is 30.6 Å². The minimum absolute atomic E-state index is 0.136. The Kier molecular flexibility index (Phi) is 3.04. The van der Waals surface area contributed by atoms with Gasteiger partial charge in [-0.1, -0.05) is 19.3 Å². The highest BCUT2D eigenvalue weighted by Gasteiger charge is 2.34. The second-order valence-electron chi connectivity index (χ2n) is 6.83. The van der Waals surface area contributed by atoms with Crippen LogP contribution < -0.4 is 0 Å². The molecule has 0 bridgehead atoms. The smallest absolute Gasteiger partial charge is 0.274 e. The maximum atomic E-state index is 12.6. The lowest BCUT2D eigenvalue weighted by Crippen LogP contribution is -2.44. The Bertz CT molecular complexity index is 506. The minimum Gasteiger partial charge on any atom is -0.337 e. The molecule has 1 N–H and O–H groups in total. The Morgan fingerprint density at radius 2 is 1.95 bits per heavy atom. The first-order valence-corrected chi connectivity index (χ1v) is 8.16. The van der Waals surface area contributed by atoms with E-state index in [-0.39, 0.29) is 5.91 Å². The highest BCUT2D eigenvalue weighted by molar-refractivity contribution is 5.92. The Hall–Kier alpha value is -1.32. The van der Waals surface area contributed by atoms with Crippen LogP contribution >= 0.6 is 0 Å². The summed E-state index contributed by atoms with van der Waals surface area (Å²) in [5.74, 6) is 2.38. The van der Waals surface area contributed by atoms with Gasteiger partial charge in [0.2, 0.25) is 0 Å². The van der Waals surface area contributed by atoms with Crippen molar-refractivity contribution < 1.29 is 4.79 Å². The number of amides is 1. The SMILES string of the molecule is O=C(c1cc(C2CC2)[nH]n1)N1CC[C@H]2CCCC[C@@H]2C1. The lowest BCUT2D eigenvalue weighted by Gasteiger charge is -2.41. The number of piperidine rings is 1. The minimum atomic E-state index is 0.136. The molecule has 3 aliphatic rings. The molecule has 0 spiro atoms. The van der Waals surface area contributed by atoms with Crippen LogP contribution in [0.3, 0.4) is 0 Å². The number of hydrogen-bond donors (Lipinski definition) is 1. The monoisotopic (exact) mass is 273 g/mol. The zero-order valence-electron chi connectivity index (χ0n) is 12.0. The van der Waals surface area contributed by atoms with Crippen molar-refractivity contribution in [3.8, 4) is 0 Å². The van der Waals surface area contributed by atoms with Gasteiger partial charge < -0.3 is 4.90 Å². The van der Waals surface area contributed by atoms with Crippen LogP contribution in [0.2, 0.25) is 0 Å². The van der Waals surface area contributed by atoms with Crippen LogP contribution in [0.5, 0.6) is 0 Å². The van der Waals surface area contributed by atoms with Crippen LogP contribution in [0.4, 0.5) is 0 Å². The molecular formula is C16H23N3O. The Labute approximate surface area is 119 Å². The number of H-pyrrole nitrogens is 1. The topological polar surface area (TPSA) is 49.0 Å². The fourth-order valence-electron chi connectivity index (χ4n) is 4.00. The number of fused-ring (bicyclic) bond motifs is 1. The van der Waals surface area contributed by atoms with Crippen molar-refractivity contribution in [1.82, 2.24) is 15.1 Å². The Morgan fingerprint density at radius 1 is 1.15 bits per heavy atom. The lowest BCUT2D eigenvalue weighted by molar-refractivity contribution is 0.0515. The molecule has 3 fully saturated rings. The zero-order valence-corrected chi connectivity index (χ0v) is 12.0. The predicted molar refractivity (Wildman–Crippen MR) is 76.5 cm³/mol. The molecule has 0 aromatic carbocycles. The molecule has 1 aromatic heterocycles. The second kappa shape index (κ2) is 4.90. The van der Waals surface area contributed by atoms with Crippen LogP contribution in [0.1, 0.15) is 67.0 Å². The number of aromatic amines is 1. The van der Waals surface area contributed by atoms with E-state index < -0.39 is 0 Å². The van der Waals surface area contributed by atoms with Gasteiger partial charge in [0.1, 0.15) is 5.69 Å². The number of nitrogens with zero attached hydrogens (tertiary/aromatic N) is 2. The van der Waals surface area contributed by atoms with Crippen molar-refractivity contribution in [3.63, 3.8) is 0 Å². The van der Waals surface area contributed by atoms with E-state index in [1.54, 1.807) is 0 Å². The third kappa shape index (κ3) is 2.25. The summed E-state index contributed by atoms with van der Waals surface area (Å²) in [6, 6.07) is 1.98. The quantitative estimate of drug-likeness (QED) is 0.900. The molecular weight excluding hydrogens is 250 g/mol. The van der Waals surface area contributed by atoms with Crippen molar-refractivity contribution in [3.05, 3.63) is 17.5 Å². The number of likely N-dealkylation sites (tertiary alicyclic amines) is 1. The highest BCUT2D eigenvalue weighted by atomic mass is 16.2. The standard InChI is InChI=1S/C16H23N3O/c20-16(15-9-14(17-18-15)12-5-6-12)19-8-7-11-3-1-2-4-13(11)10-19/h9,11-13H,1-8,10H2,(H,17,18)/t11-,13-/m1/s1. The molecule has 2 atom stereocenters. The van der Waals surface area contributed by atoms with Crippen molar-refractivity contribution in [2.24, 2.45) is 11.8 Å². The maximum absolute atomic E-state index is 12.6. The molecule has 108 valence electrons. The average Bonchev–Trinajstić information content (AvgIpc) is 3.23. The van der Waals surface area contributed by atoms with E-state index >= 15 is 0 Å². The highest BCUT2D eigenvalue weighted by Crippen LogP contribution is 2.39. The fraction of sp³-hybridized carbons (Fsp3) is 0.750. The first kappa shape index (κ1) is 12.4. The summed E-state index contributed by atoms with van der Waals surface area (Å²) in [5, 5.41) is 7.29. The molecule has 4 nitrogen and oxygen atoms in total. The lowest BCUT2D eigenvalue weighted by atomic mass is 9.75. The van der Waals surface area contributed by atoms with Crippen molar-refractivity contribution in [2.45, 2.75) is 50.9 Å². The van der Waals surface area contributed by atoms with Gasteiger partial charge in [-0.3, -0.25) is 9.89 Å². The molecule has 4 heteroatoms. The molecule has 0 radical (unpaired) electrons. The molecule has 2 aliphatic carbocycles. The zero-order chi connectivity index (χ0) is 13.5. The van der Waals surface area contributed by atoms with Gasteiger partial charge >= 0.3 is 0 Å². The predicted octanol–water partition coefficient (Wildman–Crippen LogP) is 2.94. The van der Waals surface area contributed by atoms with Gasteiger partial charge in [0.05, 0.1) is 0 Å². The van der Waals surface area contributed by atoms with E-state index in [1.807, 2.05) is 11.0 Å². The molecule has 2 saturated carbocycles. The molecule has 1 aliphatic heterocycles. The van der Waals surface area contributed by atoms with Gasteiger partial charge in [0, 0.05) is 24.7 Å². The number of nitrogens with one attached hydrogen (secondary N) is 1. The molecule has 1 amide bonds. The van der Waals surface area contributed by atoms with Gasteiger partial charge in [-0.05, 0) is 43.6 Å². The van der Waals surface area contributed by atoms with Gasteiger partial charge in [0.25, 0.3) is 5.91 Å². The molecule has 1 aromatic rings. The molecule has 4 rings (SSSR count). The van der Waals surface area contributed by atoms with E-state index in [1.165, 1.54) is 44.9 Å². The summed E-state index contributed by atoms with van der Waals surface area (Å²) in [6.07, 6.45) is 9.09. The number of carbonyl (C=O) groups excluding carboxylic acids is 1. The summed E-state index contributed by atoms with van der Waals surface area (Å²) in [5.41, 5.74) is 1.78. The third-order valence-electron chi connectivity index (χ3n) is 5.41. The second-order valence-corrected chi connectivity index (χ2v) is 6.83. The first-order valence-electron chi connectivity index (χ1n) is 8.16. The van der Waals surface area contributed by atoms with Crippen LogP contribution in [0.15, 0.2) is 6.07 Å². The van der Waals surface area contributed by atoms with Crippen LogP contribution in [0.25, 0.3) is 0 Å². The first-order chi connectivity index (χ1) is 9.81. The number of aromatic nitrogens is 2. The largest absolute Gasteiger partial charge is 0.337 e. The fourth-order valence-corrected chi connectivity index (χ4v) is 4.00. The number of hydrogen-bond acceptors (Lipinski definition) is 2. The Balaban J connectivity index is 1.44. The van der Waals surface area contributed by atoms with Crippen molar-refractivity contribution in [2.75, 3.05) is 13.1 Å². The van der Waals surface area contributed by atoms with Gasteiger partial charge in [0.15, 0.2) is 0 Å². The van der Waals surface area contributed by atoms with Crippen LogP contribution in [-0.2, 0) is 0 Å². The van der Waals surface area contributed by atoms with Crippen molar-refractivity contribution in [1.29, 1.82) is 0 Å². The maximum Gasteiger partial charge on any atom is 0.274 e. The Morgan fingerprint density at radius 3 is 2.75 bits per heavy atom. The van der Waals surface area contributed by atoms with E-state index in [2.05, 4.69) is 10.2 Å². The van der Waals surface area contributed by atoms with Gasteiger partial charge in [-0.2, -0.15) is 5.10 Å². The van der Waals surface area contributed by atoms with Gasteiger partial charge in [-0.25, -0.2) is 0 Å². The van der Waals surface area contributed by atoms with E-state index in [9.17, 15) is 4.79 Å². The normalized spacial score (nSPS) is 30.1. The molecule has 1 saturated heterocycles. The van der Waals surface area contributed by atoms with E-state index in [4.69, 9.17) is 0 Å². The molecule has 0 unspecified atom stereocenters. The number of rotatable bonds is 2. The summed E-state index contributed by atoms with van der Waals surface area (Å²) < 4.78 is 0. The van der Waals surface area contributed by atoms with Crippen molar-refractivity contribution >= 4 is 5.91 Å². The van der Waals surface area contributed by atoms with Crippen LogP contribution in [0, 0.1) is 11.8 Å². The summed E-state index contributed by atoms with van der Waals surface area (Å²) >= 11 is 0. The number of carbonyl (C=O) groups is 1. The molecule has 2 heterocycles. The molecule has 20 heavy (non-hydrogen) atoms. The summed E-state index contributed by atoms with van der Waals surface area (Å²) in [6.45, 7) is 1.88. The summed E-state index contributed by atoms with van der Waals surface area (Å²) in [4.78, 5) is 14.6. The third-order valence-corrected chi connectivity index (χ3v) is 5.41. The summed E-state index contributed by atoms with van der Waals surface area (Å²) in [7, 11) is 0. The average molecular weight is 273 g/mol. The van der Waals surface area contributed by atoms with Crippen LogP contribution in [-0.4, -0.2) is 34.1 Å².